The van der Waals surface area contributed by atoms with E-state index >= 15 is 0 Å². The van der Waals surface area contributed by atoms with Gasteiger partial charge in [0.2, 0.25) is 0 Å². The zero-order valence-corrected chi connectivity index (χ0v) is 8.32. The lowest BCUT2D eigenvalue weighted by Crippen LogP contribution is -2.49. The Labute approximate surface area is 78.1 Å². The molecule has 0 aromatic heterocycles. The second-order valence-corrected chi connectivity index (χ2v) is 3.95. The van der Waals surface area contributed by atoms with Crippen molar-refractivity contribution in [3.8, 4) is 0 Å². The Morgan fingerprint density at radius 1 is 1.54 bits per heavy atom. The predicted octanol–water partition coefficient (Wildman–Crippen LogP) is 0.0845. The third-order valence-corrected chi connectivity index (χ3v) is 1.71. The molecular weight excluding hydrogens is 172 g/mol. The van der Waals surface area contributed by atoms with Gasteiger partial charge in [-0.1, -0.05) is 0 Å². The Hall–Kier alpha value is -0.810. The normalized spacial score (nSPS) is 13.9. The van der Waals surface area contributed by atoms with Gasteiger partial charge < -0.3 is 20.8 Å². The molecule has 0 aliphatic carbocycles. The van der Waals surface area contributed by atoms with Crippen molar-refractivity contribution < 1.29 is 15.0 Å². The number of rotatable bonds is 3. The van der Waals surface area contributed by atoms with Gasteiger partial charge in [-0.05, 0) is 20.8 Å². The number of carbonyl (C=O) groups is 1. The van der Waals surface area contributed by atoms with E-state index in [1.165, 1.54) is 4.90 Å². The van der Waals surface area contributed by atoms with Gasteiger partial charge in [-0.2, -0.15) is 0 Å². The Balaban J connectivity index is 4.37. The van der Waals surface area contributed by atoms with Gasteiger partial charge in [0.1, 0.15) is 0 Å². The van der Waals surface area contributed by atoms with Gasteiger partial charge in [0.05, 0.1) is 12.6 Å². The molecule has 0 unspecified atom stereocenters. The lowest BCUT2D eigenvalue weighted by Gasteiger charge is -2.34. The molecule has 5 heteroatoms. The third kappa shape index (κ3) is 4.10. The fourth-order valence-corrected chi connectivity index (χ4v) is 0.924. The van der Waals surface area contributed by atoms with Crippen LogP contribution in [-0.4, -0.2) is 45.9 Å². The molecule has 5 nitrogen and oxygen atoms in total. The summed E-state index contributed by atoms with van der Waals surface area (Å²) in [5, 5.41) is 18.0. The van der Waals surface area contributed by atoms with Gasteiger partial charge in [0.25, 0.3) is 0 Å². The molecule has 1 atom stereocenters. The Morgan fingerprint density at radius 2 is 2.00 bits per heavy atom. The average Bonchev–Trinajstić information content (AvgIpc) is 1.96. The molecule has 0 radical (unpaired) electrons. The maximum atomic E-state index is 10.8. The number of β-amino-alcohol motifs (C(OH)–C–C–N with tert-alkyl or cyclic N) is 1. The summed E-state index contributed by atoms with van der Waals surface area (Å²) >= 11 is 0. The number of nitrogens with zero attached hydrogens (tertiary/aromatic N) is 1. The molecule has 78 valence electrons. The van der Waals surface area contributed by atoms with Crippen LogP contribution in [-0.2, 0) is 0 Å². The zero-order valence-electron chi connectivity index (χ0n) is 8.32. The SMILES string of the molecule is CC(C)(C)N(C[C@@H](O)CN)C(=O)O. The molecule has 0 rings (SSSR count). The van der Waals surface area contributed by atoms with Crippen LogP contribution in [0.1, 0.15) is 20.8 Å². The van der Waals surface area contributed by atoms with E-state index in [1.54, 1.807) is 20.8 Å². The van der Waals surface area contributed by atoms with Gasteiger partial charge in [-0.15, -0.1) is 0 Å². The first kappa shape index (κ1) is 12.2. The van der Waals surface area contributed by atoms with E-state index in [1.807, 2.05) is 0 Å². The van der Waals surface area contributed by atoms with Crippen LogP contribution in [0.4, 0.5) is 4.79 Å². The van der Waals surface area contributed by atoms with E-state index in [0.29, 0.717) is 0 Å². The highest BCUT2D eigenvalue weighted by Gasteiger charge is 2.27. The first-order valence-corrected chi connectivity index (χ1v) is 4.17. The second kappa shape index (κ2) is 4.43. The van der Waals surface area contributed by atoms with E-state index in [9.17, 15) is 9.90 Å². The van der Waals surface area contributed by atoms with Gasteiger partial charge in [0, 0.05) is 12.1 Å². The highest BCUT2D eigenvalue weighted by Crippen LogP contribution is 2.13. The van der Waals surface area contributed by atoms with Crippen LogP contribution >= 0.6 is 0 Å². The Bertz CT molecular complexity index is 177. The minimum atomic E-state index is -1.04. The van der Waals surface area contributed by atoms with Gasteiger partial charge in [-0.25, -0.2) is 4.79 Å². The number of carboxylic acid groups (broad SMARTS) is 1. The number of amides is 1. The highest BCUT2D eigenvalue weighted by atomic mass is 16.4. The number of hydrogen-bond acceptors (Lipinski definition) is 3. The summed E-state index contributed by atoms with van der Waals surface area (Å²) in [7, 11) is 0. The number of aliphatic hydroxyl groups excluding tert-OH is 1. The first-order chi connectivity index (χ1) is 5.79. The molecule has 4 N–H and O–H groups in total. The van der Waals surface area contributed by atoms with Crippen LogP contribution in [0, 0.1) is 0 Å². The molecule has 0 aromatic carbocycles. The van der Waals surface area contributed by atoms with Crippen molar-refractivity contribution in [3.63, 3.8) is 0 Å². The summed E-state index contributed by atoms with van der Waals surface area (Å²) in [5.74, 6) is 0. The average molecular weight is 190 g/mol. The van der Waals surface area contributed by atoms with E-state index in [0.717, 1.165) is 0 Å². The molecular formula is C8H18N2O3. The van der Waals surface area contributed by atoms with Crippen molar-refractivity contribution >= 4 is 6.09 Å². The molecule has 0 spiro atoms. The van der Waals surface area contributed by atoms with Crippen LogP contribution in [0.2, 0.25) is 0 Å². The molecule has 0 saturated carbocycles. The fourth-order valence-electron chi connectivity index (χ4n) is 0.924. The molecule has 0 heterocycles. The highest BCUT2D eigenvalue weighted by molar-refractivity contribution is 5.66. The largest absolute Gasteiger partial charge is 0.465 e. The van der Waals surface area contributed by atoms with Crippen molar-refractivity contribution in [3.05, 3.63) is 0 Å². The van der Waals surface area contributed by atoms with Crippen molar-refractivity contribution in [1.29, 1.82) is 0 Å². The quantitative estimate of drug-likeness (QED) is 0.588. The topological polar surface area (TPSA) is 86.8 Å². The van der Waals surface area contributed by atoms with E-state index in [4.69, 9.17) is 10.8 Å². The standard InChI is InChI=1S/C8H18N2O3/c1-8(2,3)10(7(12)13)5-6(11)4-9/h6,11H,4-5,9H2,1-3H3,(H,12,13)/t6-/m0/s1. The number of nitrogens with two attached hydrogens (primary N) is 1. The molecule has 13 heavy (non-hydrogen) atoms. The minimum Gasteiger partial charge on any atom is -0.465 e. The molecule has 0 aromatic rings. The van der Waals surface area contributed by atoms with E-state index in [2.05, 4.69) is 0 Å². The first-order valence-electron chi connectivity index (χ1n) is 4.17. The Morgan fingerprint density at radius 3 is 2.23 bits per heavy atom. The summed E-state index contributed by atoms with van der Waals surface area (Å²) < 4.78 is 0. The van der Waals surface area contributed by atoms with E-state index < -0.39 is 17.7 Å². The Kier molecular flexibility index (Phi) is 4.16. The fraction of sp³-hybridized carbons (Fsp3) is 0.875. The second-order valence-electron chi connectivity index (χ2n) is 3.95. The molecule has 0 aliphatic heterocycles. The van der Waals surface area contributed by atoms with E-state index in [-0.39, 0.29) is 13.1 Å². The number of hydrogen-bond donors (Lipinski definition) is 3. The maximum Gasteiger partial charge on any atom is 0.407 e. The predicted molar refractivity (Wildman–Crippen MR) is 49.5 cm³/mol. The van der Waals surface area contributed by atoms with Crippen LogP contribution in [0.15, 0.2) is 0 Å². The summed E-state index contributed by atoms with van der Waals surface area (Å²) in [6.45, 7) is 5.42. The molecule has 0 saturated heterocycles. The van der Waals surface area contributed by atoms with Crippen LogP contribution in [0.5, 0.6) is 0 Å². The molecule has 0 aliphatic rings. The van der Waals surface area contributed by atoms with Crippen LogP contribution < -0.4 is 5.73 Å². The number of aliphatic hydroxyl groups is 1. The van der Waals surface area contributed by atoms with Gasteiger partial charge in [-0.3, -0.25) is 0 Å². The molecule has 0 fully saturated rings. The van der Waals surface area contributed by atoms with Gasteiger partial charge in [0.15, 0.2) is 0 Å². The summed E-state index contributed by atoms with van der Waals surface area (Å²) in [5.41, 5.74) is 4.68. The summed E-state index contributed by atoms with van der Waals surface area (Å²) in [6, 6.07) is 0. The van der Waals surface area contributed by atoms with Crippen LogP contribution in [0.25, 0.3) is 0 Å². The summed E-state index contributed by atoms with van der Waals surface area (Å²) in [6.07, 6.45) is -1.84. The van der Waals surface area contributed by atoms with Gasteiger partial charge >= 0.3 is 6.09 Å². The molecule has 0 bridgehead atoms. The maximum absolute atomic E-state index is 10.8. The lowest BCUT2D eigenvalue weighted by molar-refractivity contribution is 0.0589. The van der Waals surface area contributed by atoms with Crippen molar-refractivity contribution in [2.75, 3.05) is 13.1 Å². The van der Waals surface area contributed by atoms with Crippen molar-refractivity contribution in [2.45, 2.75) is 32.4 Å². The third-order valence-electron chi connectivity index (χ3n) is 1.71. The zero-order chi connectivity index (χ0) is 10.6. The van der Waals surface area contributed by atoms with Crippen LogP contribution in [0.3, 0.4) is 0 Å². The van der Waals surface area contributed by atoms with Crippen molar-refractivity contribution in [2.24, 2.45) is 5.73 Å². The smallest absolute Gasteiger partial charge is 0.407 e. The monoisotopic (exact) mass is 190 g/mol. The summed E-state index contributed by atoms with van der Waals surface area (Å²) in [4.78, 5) is 11.9. The minimum absolute atomic E-state index is 0.0509. The van der Waals surface area contributed by atoms with Crippen molar-refractivity contribution in [1.82, 2.24) is 4.90 Å². The lowest BCUT2D eigenvalue weighted by atomic mass is 10.1. The molecule has 1 amide bonds.